The van der Waals surface area contributed by atoms with Gasteiger partial charge < -0.3 is 21.7 Å². The SMILES string of the molecule is NCC1(CC(=O)NCc2cccnc2N2CCC(C(N)=O)CC2)CCCCC1. The summed E-state index contributed by atoms with van der Waals surface area (Å²) in [5.74, 6) is 0.683. The fourth-order valence-corrected chi connectivity index (χ4v) is 4.58. The summed E-state index contributed by atoms with van der Waals surface area (Å²) in [6.07, 6.45) is 9.43. The molecule has 0 atom stereocenters. The number of carbonyl (C=O) groups is 2. The normalized spacial score (nSPS) is 20.0. The van der Waals surface area contributed by atoms with Crippen molar-refractivity contribution in [1.29, 1.82) is 0 Å². The van der Waals surface area contributed by atoms with Crippen molar-refractivity contribution in [2.75, 3.05) is 24.5 Å². The summed E-state index contributed by atoms with van der Waals surface area (Å²) >= 11 is 0. The second-order valence-corrected chi connectivity index (χ2v) is 8.37. The van der Waals surface area contributed by atoms with Crippen molar-refractivity contribution in [3.05, 3.63) is 23.9 Å². The van der Waals surface area contributed by atoms with E-state index in [1.165, 1.54) is 19.3 Å². The van der Waals surface area contributed by atoms with Crippen LogP contribution in [-0.4, -0.2) is 36.4 Å². The highest BCUT2D eigenvalue weighted by atomic mass is 16.2. The lowest BCUT2D eigenvalue weighted by Crippen LogP contribution is -2.40. The van der Waals surface area contributed by atoms with Crippen LogP contribution in [0.2, 0.25) is 0 Å². The fourth-order valence-electron chi connectivity index (χ4n) is 4.58. The second-order valence-electron chi connectivity index (χ2n) is 8.37. The largest absolute Gasteiger partial charge is 0.369 e. The molecule has 1 aliphatic carbocycles. The maximum atomic E-state index is 12.6. The van der Waals surface area contributed by atoms with E-state index in [1.807, 2.05) is 12.1 Å². The number of hydrogen-bond acceptors (Lipinski definition) is 5. The molecule has 5 N–H and O–H groups in total. The molecule has 2 heterocycles. The van der Waals surface area contributed by atoms with Gasteiger partial charge in [-0.25, -0.2) is 4.98 Å². The molecule has 3 rings (SSSR count). The highest BCUT2D eigenvalue weighted by Gasteiger charge is 2.33. The van der Waals surface area contributed by atoms with Crippen LogP contribution in [0, 0.1) is 11.3 Å². The number of pyridine rings is 1. The first-order chi connectivity index (χ1) is 13.5. The average Bonchev–Trinajstić information content (AvgIpc) is 2.73. The number of nitrogens with two attached hydrogens (primary N) is 2. The van der Waals surface area contributed by atoms with Crippen molar-refractivity contribution in [1.82, 2.24) is 10.3 Å². The maximum absolute atomic E-state index is 12.6. The minimum atomic E-state index is -0.218. The average molecular weight is 388 g/mol. The zero-order valence-corrected chi connectivity index (χ0v) is 16.7. The van der Waals surface area contributed by atoms with E-state index < -0.39 is 0 Å². The molecule has 0 aromatic carbocycles. The van der Waals surface area contributed by atoms with Crippen molar-refractivity contribution in [2.24, 2.45) is 22.8 Å². The van der Waals surface area contributed by atoms with Gasteiger partial charge in [0, 0.05) is 43.7 Å². The maximum Gasteiger partial charge on any atom is 0.220 e. The number of amides is 2. The Morgan fingerprint density at radius 1 is 1.21 bits per heavy atom. The Morgan fingerprint density at radius 3 is 2.57 bits per heavy atom. The molecular formula is C21H33N5O2. The molecule has 0 spiro atoms. The summed E-state index contributed by atoms with van der Waals surface area (Å²) in [5.41, 5.74) is 12.4. The summed E-state index contributed by atoms with van der Waals surface area (Å²) in [6.45, 7) is 2.54. The van der Waals surface area contributed by atoms with Gasteiger partial charge in [-0.3, -0.25) is 9.59 Å². The van der Waals surface area contributed by atoms with E-state index in [0.717, 1.165) is 50.2 Å². The number of anilines is 1. The van der Waals surface area contributed by atoms with Gasteiger partial charge in [-0.05, 0) is 43.7 Å². The lowest BCUT2D eigenvalue weighted by atomic mass is 9.71. The quantitative estimate of drug-likeness (QED) is 0.659. The smallest absolute Gasteiger partial charge is 0.220 e. The van der Waals surface area contributed by atoms with E-state index in [4.69, 9.17) is 11.5 Å². The van der Waals surface area contributed by atoms with Gasteiger partial charge in [0.15, 0.2) is 0 Å². The highest BCUT2D eigenvalue weighted by Crippen LogP contribution is 2.38. The number of carbonyl (C=O) groups excluding carboxylic acids is 2. The Balaban J connectivity index is 1.58. The van der Waals surface area contributed by atoms with Gasteiger partial charge in [0.2, 0.25) is 11.8 Å². The predicted octanol–water partition coefficient (Wildman–Crippen LogP) is 1.70. The molecule has 1 saturated heterocycles. The summed E-state index contributed by atoms with van der Waals surface area (Å²) in [7, 11) is 0. The summed E-state index contributed by atoms with van der Waals surface area (Å²) in [6, 6.07) is 3.89. The van der Waals surface area contributed by atoms with Crippen molar-refractivity contribution in [3.63, 3.8) is 0 Å². The Morgan fingerprint density at radius 2 is 1.93 bits per heavy atom. The van der Waals surface area contributed by atoms with Crippen molar-refractivity contribution in [2.45, 2.75) is 57.9 Å². The van der Waals surface area contributed by atoms with Crippen LogP contribution < -0.4 is 21.7 Å². The summed E-state index contributed by atoms with van der Waals surface area (Å²) in [4.78, 5) is 30.7. The third-order valence-corrected chi connectivity index (χ3v) is 6.42. The zero-order chi connectivity index (χ0) is 20.0. The highest BCUT2D eigenvalue weighted by molar-refractivity contribution is 5.77. The van der Waals surface area contributed by atoms with Crippen LogP contribution in [0.5, 0.6) is 0 Å². The molecule has 0 bridgehead atoms. The van der Waals surface area contributed by atoms with E-state index in [1.54, 1.807) is 6.20 Å². The first kappa shape index (κ1) is 20.6. The van der Waals surface area contributed by atoms with Gasteiger partial charge in [-0.2, -0.15) is 0 Å². The first-order valence-electron chi connectivity index (χ1n) is 10.5. The standard InChI is InChI=1S/C21H33N5O2/c22-15-21(8-2-1-3-9-21)13-18(27)25-14-17-5-4-10-24-20(17)26-11-6-16(7-12-26)19(23)28/h4-5,10,16H,1-3,6-9,11-15,22H2,(H2,23,28)(H,25,27). The van der Waals surface area contributed by atoms with Crippen LogP contribution in [0.3, 0.4) is 0 Å². The molecule has 1 aromatic rings. The lowest BCUT2D eigenvalue weighted by Gasteiger charge is -2.35. The van der Waals surface area contributed by atoms with Crippen molar-refractivity contribution < 1.29 is 9.59 Å². The van der Waals surface area contributed by atoms with Crippen LogP contribution in [0.4, 0.5) is 5.82 Å². The van der Waals surface area contributed by atoms with Crippen LogP contribution in [0.15, 0.2) is 18.3 Å². The molecule has 1 saturated carbocycles. The molecule has 1 aliphatic heterocycles. The van der Waals surface area contributed by atoms with Gasteiger partial charge in [0.1, 0.15) is 5.82 Å². The van der Waals surface area contributed by atoms with E-state index in [-0.39, 0.29) is 23.1 Å². The zero-order valence-electron chi connectivity index (χ0n) is 16.7. The Labute approximate surface area is 167 Å². The van der Waals surface area contributed by atoms with Crippen LogP contribution >= 0.6 is 0 Å². The number of primary amides is 1. The topological polar surface area (TPSA) is 114 Å². The molecular weight excluding hydrogens is 354 g/mol. The molecule has 2 fully saturated rings. The van der Waals surface area contributed by atoms with Gasteiger partial charge in [-0.1, -0.05) is 25.3 Å². The van der Waals surface area contributed by atoms with E-state index in [9.17, 15) is 9.59 Å². The van der Waals surface area contributed by atoms with E-state index >= 15 is 0 Å². The molecule has 154 valence electrons. The third-order valence-electron chi connectivity index (χ3n) is 6.42. The van der Waals surface area contributed by atoms with E-state index in [0.29, 0.717) is 19.5 Å². The van der Waals surface area contributed by atoms with Crippen LogP contribution in [0.1, 0.15) is 56.9 Å². The molecule has 1 aromatic heterocycles. The van der Waals surface area contributed by atoms with Gasteiger partial charge in [0.05, 0.1) is 0 Å². The van der Waals surface area contributed by atoms with Crippen molar-refractivity contribution in [3.8, 4) is 0 Å². The molecule has 0 unspecified atom stereocenters. The molecule has 2 amide bonds. The Bertz CT molecular complexity index is 679. The number of hydrogen-bond donors (Lipinski definition) is 3. The van der Waals surface area contributed by atoms with Crippen LogP contribution in [0.25, 0.3) is 0 Å². The lowest BCUT2D eigenvalue weighted by molar-refractivity contribution is -0.124. The molecule has 0 radical (unpaired) electrons. The predicted molar refractivity (Wildman–Crippen MR) is 109 cm³/mol. The first-order valence-corrected chi connectivity index (χ1v) is 10.5. The summed E-state index contributed by atoms with van der Waals surface area (Å²) in [5, 5.41) is 3.08. The summed E-state index contributed by atoms with van der Waals surface area (Å²) < 4.78 is 0. The van der Waals surface area contributed by atoms with Gasteiger partial charge in [-0.15, -0.1) is 0 Å². The Hall–Kier alpha value is -2.15. The third kappa shape index (κ3) is 5.01. The minimum absolute atomic E-state index is 0.0310. The minimum Gasteiger partial charge on any atom is -0.369 e. The number of nitrogens with one attached hydrogen (secondary N) is 1. The number of rotatable bonds is 7. The molecule has 7 nitrogen and oxygen atoms in total. The van der Waals surface area contributed by atoms with Crippen LogP contribution in [-0.2, 0) is 16.1 Å². The number of nitrogens with zero attached hydrogens (tertiary/aromatic N) is 2. The monoisotopic (exact) mass is 387 g/mol. The fraction of sp³-hybridized carbons (Fsp3) is 0.667. The second kappa shape index (κ2) is 9.37. The molecule has 28 heavy (non-hydrogen) atoms. The van der Waals surface area contributed by atoms with Crippen molar-refractivity contribution >= 4 is 17.6 Å². The van der Waals surface area contributed by atoms with E-state index in [2.05, 4.69) is 15.2 Å². The number of piperidine rings is 1. The molecule has 7 heteroatoms. The molecule has 2 aliphatic rings. The number of aromatic nitrogens is 1. The Kier molecular flexibility index (Phi) is 6.88. The van der Waals surface area contributed by atoms with Gasteiger partial charge in [0.25, 0.3) is 0 Å². The van der Waals surface area contributed by atoms with Gasteiger partial charge >= 0.3 is 0 Å².